The van der Waals surface area contributed by atoms with Crippen molar-refractivity contribution in [2.24, 2.45) is 0 Å². The Balaban J connectivity index is 3.16. The van der Waals surface area contributed by atoms with Gasteiger partial charge in [-0.15, -0.1) is 0 Å². The molecule has 0 atom stereocenters. The lowest BCUT2D eigenvalue weighted by Crippen LogP contribution is -2.08. The third-order valence-electron chi connectivity index (χ3n) is 2.83. The lowest BCUT2D eigenvalue weighted by Gasteiger charge is -1.95. The van der Waals surface area contributed by atoms with Gasteiger partial charge >= 0.3 is 0 Å². The molecule has 0 bridgehead atoms. The molecule has 2 aromatic carbocycles. The highest BCUT2D eigenvalue weighted by atomic mass is 13.9. The molecule has 0 heteroatoms. The Kier molecular flexibility index (Phi) is 2.91. The molecule has 0 aromatic heterocycles. The predicted octanol–water partition coefficient (Wildman–Crippen LogP) is 2.49. The Hall–Kier alpha value is -1.82. The average Bonchev–Trinajstić information content (AvgIpc) is 2.29. The van der Waals surface area contributed by atoms with Crippen LogP contribution in [0.15, 0.2) is 42.5 Å². The second-order valence-electron chi connectivity index (χ2n) is 4.04. The number of aryl methyl sites for hydroxylation is 1. The van der Waals surface area contributed by atoms with Crippen molar-refractivity contribution in [3.05, 3.63) is 68.9 Å². The van der Waals surface area contributed by atoms with Crippen LogP contribution in [0, 0.1) is 17.4 Å². The van der Waals surface area contributed by atoms with Crippen molar-refractivity contribution in [3.8, 4) is 0 Å². The average molecular weight is 208 g/mol. The molecule has 0 saturated carbocycles. The van der Waals surface area contributed by atoms with Crippen molar-refractivity contribution in [3.63, 3.8) is 0 Å². The summed E-state index contributed by atoms with van der Waals surface area (Å²) >= 11 is 0. The zero-order valence-corrected chi connectivity index (χ0v) is 9.83. The molecule has 16 heavy (non-hydrogen) atoms. The predicted molar refractivity (Wildman–Crippen MR) is 70.2 cm³/mol. The molecule has 0 unspecified atom stereocenters. The minimum Gasteiger partial charge on any atom is -0.0911 e. The van der Waals surface area contributed by atoms with E-state index in [0.29, 0.717) is 0 Å². The molecule has 0 saturated heterocycles. The summed E-state index contributed by atoms with van der Waals surface area (Å²) in [5.74, 6) is 0. The smallest absolute Gasteiger partial charge is 0.0106 e. The van der Waals surface area contributed by atoms with Crippen molar-refractivity contribution in [2.75, 3.05) is 0 Å². The zero-order valence-electron chi connectivity index (χ0n) is 9.83. The molecule has 0 nitrogen and oxygen atoms in total. The molecule has 0 aliphatic rings. The van der Waals surface area contributed by atoms with E-state index in [0.717, 1.165) is 5.22 Å². The van der Waals surface area contributed by atoms with E-state index in [1.165, 1.54) is 21.2 Å². The molecule has 80 valence electrons. The molecule has 0 spiro atoms. The molecule has 0 radical (unpaired) electrons. The van der Waals surface area contributed by atoms with E-state index in [1.807, 2.05) is 6.07 Å². The van der Waals surface area contributed by atoms with Crippen LogP contribution in [0.5, 0.6) is 0 Å². The fourth-order valence-electron chi connectivity index (χ4n) is 1.94. The van der Waals surface area contributed by atoms with Crippen LogP contribution in [-0.2, 0) is 0 Å². The van der Waals surface area contributed by atoms with Crippen LogP contribution in [0.2, 0.25) is 0 Å². The van der Waals surface area contributed by atoms with E-state index in [4.69, 9.17) is 0 Å². The van der Waals surface area contributed by atoms with Crippen molar-refractivity contribution in [1.29, 1.82) is 0 Å². The summed E-state index contributed by atoms with van der Waals surface area (Å²) < 4.78 is 0. The standard InChI is InChI=1S/C16H16/c1-4-14-10-9-12(2)11-16(14)15-8-6-5-7-13(15)3/h4-11H,3H2,1-2H3/b14-4?,16-15-. The fraction of sp³-hybridized carbons (Fsp3) is 0.125. The summed E-state index contributed by atoms with van der Waals surface area (Å²) in [6.07, 6.45) is 2.14. The largest absolute Gasteiger partial charge is 0.0911 e. The molecule has 0 aliphatic heterocycles. The minimum absolute atomic E-state index is 1.08. The maximum Gasteiger partial charge on any atom is -0.0106 e. The van der Waals surface area contributed by atoms with Gasteiger partial charge in [0.05, 0.1) is 0 Å². The maximum atomic E-state index is 4.09. The van der Waals surface area contributed by atoms with Gasteiger partial charge in [0.1, 0.15) is 0 Å². The van der Waals surface area contributed by atoms with Gasteiger partial charge in [0, 0.05) is 0 Å². The van der Waals surface area contributed by atoms with Crippen molar-refractivity contribution < 1.29 is 0 Å². The number of benzene rings is 2. The van der Waals surface area contributed by atoms with E-state index >= 15 is 0 Å². The molecular formula is C16H16. The van der Waals surface area contributed by atoms with Gasteiger partial charge in [0.15, 0.2) is 0 Å². The summed E-state index contributed by atoms with van der Waals surface area (Å²) in [7, 11) is 0. The number of hydrogen-bond donors (Lipinski definition) is 0. The third kappa shape index (κ3) is 1.92. The Morgan fingerprint density at radius 2 is 1.75 bits per heavy atom. The monoisotopic (exact) mass is 208 g/mol. The minimum atomic E-state index is 1.08. The molecular weight excluding hydrogens is 192 g/mol. The summed E-state index contributed by atoms with van der Waals surface area (Å²) in [6.45, 7) is 8.28. The van der Waals surface area contributed by atoms with Crippen LogP contribution in [0.1, 0.15) is 12.5 Å². The van der Waals surface area contributed by atoms with Gasteiger partial charge in [0.2, 0.25) is 0 Å². The number of rotatable bonds is 0. The van der Waals surface area contributed by atoms with E-state index in [1.54, 1.807) is 0 Å². The summed E-state index contributed by atoms with van der Waals surface area (Å²) in [4.78, 5) is 0. The first kappa shape index (κ1) is 10.7. The van der Waals surface area contributed by atoms with Gasteiger partial charge in [0.25, 0.3) is 0 Å². The van der Waals surface area contributed by atoms with Crippen LogP contribution in [-0.4, -0.2) is 0 Å². The zero-order chi connectivity index (χ0) is 11.5. The summed E-state index contributed by atoms with van der Waals surface area (Å²) in [5.41, 5.74) is 1.28. The first-order chi connectivity index (χ1) is 7.72. The Bertz CT molecular complexity index is 694. The number of hydrogen-bond acceptors (Lipinski definition) is 0. The Morgan fingerprint density at radius 3 is 2.44 bits per heavy atom. The van der Waals surface area contributed by atoms with Crippen molar-refractivity contribution in [2.45, 2.75) is 13.8 Å². The highest BCUT2D eigenvalue weighted by Gasteiger charge is 1.89. The summed E-state index contributed by atoms with van der Waals surface area (Å²) in [6, 6.07) is 14.8. The van der Waals surface area contributed by atoms with Gasteiger partial charge < -0.3 is 0 Å². The third-order valence-corrected chi connectivity index (χ3v) is 2.83. The maximum absolute atomic E-state index is 4.09. The second-order valence-corrected chi connectivity index (χ2v) is 4.04. The first-order valence-electron chi connectivity index (χ1n) is 5.53. The topological polar surface area (TPSA) is 0 Å². The highest BCUT2D eigenvalue weighted by molar-refractivity contribution is 5.29. The normalized spacial score (nSPS) is 14.0. The SMILES string of the molecule is C=c1cccc/c1=c1\cc(C)ccc1=CC. The first-order valence-corrected chi connectivity index (χ1v) is 5.53. The molecule has 0 N–H and O–H groups in total. The lowest BCUT2D eigenvalue weighted by molar-refractivity contribution is 1.35. The van der Waals surface area contributed by atoms with Crippen LogP contribution >= 0.6 is 0 Å². The van der Waals surface area contributed by atoms with E-state index in [2.05, 4.69) is 62.9 Å². The van der Waals surface area contributed by atoms with E-state index in [9.17, 15) is 0 Å². The van der Waals surface area contributed by atoms with Crippen LogP contribution in [0.3, 0.4) is 0 Å². The quantitative estimate of drug-likeness (QED) is 0.624. The van der Waals surface area contributed by atoms with Crippen LogP contribution in [0.4, 0.5) is 0 Å². The molecule has 2 rings (SSSR count). The molecule has 2 aromatic rings. The van der Waals surface area contributed by atoms with Crippen LogP contribution in [0.25, 0.3) is 12.7 Å². The van der Waals surface area contributed by atoms with Gasteiger partial charge in [-0.3, -0.25) is 0 Å². The van der Waals surface area contributed by atoms with Gasteiger partial charge in [-0.1, -0.05) is 60.7 Å². The Morgan fingerprint density at radius 1 is 1.00 bits per heavy atom. The molecule has 0 amide bonds. The Labute approximate surface area is 95.9 Å². The van der Waals surface area contributed by atoms with E-state index in [-0.39, 0.29) is 0 Å². The fourth-order valence-corrected chi connectivity index (χ4v) is 1.94. The molecule has 0 heterocycles. The van der Waals surface area contributed by atoms with Gasteiger partial charge in [-0.2, -0.15) is 0 Å². The highest BCUT2D eigenvalue weighted by Crippen LogP contribution is 1.95. The van der Waals surface area contributed by atoms with Crippen molar-refractivity contribution >= 4 is 12.7 Å². The molecule has 0 fully saturated rings. The van der Waals surface area contributed by atoms with Crippen LogP contribution < -0.4 is 10.4 Å². The summed E-state index contributed by atoms with van der Waals surface area (Å²) in [5, 5.41) is 4.84. The molecule has 0 aliphatic carbocycles. The lowest BCUT2D eigenvalue weighted by atomic mass is 10.1. The van der Waals surface area contributed by atoms with Gasteiger partial charge in [-0.25, -0.2) is 0 Å². The second kappa shape index (κ2) is 4.36. The van der Waals surface area contributed by atoms with Gasteiger partial charge in [-0.05, 0) is 34.7 Å². The van der Waals surface area contributed by atoms with E-state index < -0.39 is 0 Å². The van der Waals surface area contributed by atoms with Crippen molar-refractivity contribution in [1.82, 2.24) is 0 Å².